The highest BCUT2D eigenvalue weighted by molar-refractivity contribution is 7.71. The van der Waals surface area contributed by atoms with E-state index in [9.17, 15) is 4.79 Å². The first-order valence-electron chi connectivity index (χ1n) is 7.84. The second kappa shape index (κ2) is 8.47. The van der Waals surface area contributed by atoms with Gasteiger partial charge in [-0.05, 0) is 49.0 Å². The molecule has 0 aliphatic rings. The van der Waals surface area contributed by atoms with Crippen LogP contribution in [-0.4, -0.2) is 21.1 Å². The number of halogens is 2. The van der Waals surface area contributed by atoms with E-state index in [1.54, 1.807) is 37.3 Å². The molecule has 27 heavy (non-hydrogen) atoms. The van der Waals surface area contributed by atoms with E-state index < -0.39 is 0 Å². The lowest BCUT2D eigenvalue weighted by molar-refractivity contribution is 0.306. The molecule has 1 heterocycles. The van der Waals surface area contributed by atoms with Gasteiger partial charge in [-0.15, -0.1) is 0 Å². The van der Waals surface area contributed by atoms with E-state index in [2.05, 4.69) is 15.3 Å². The van der Waals surface area contributed by atoms with E-state index in [1.165, 1.54) is 6.21 Å². The minimum Gasteiger partial charge on any atom is -0.489 e. The quantitative estimate of drug-likeness (QED) is 0.490. The third kappa shape index (κ3) is 4.63. The van der Waals surface area contributed by atoms with Gasteiger partial charge in [-0.25, -0.2) is 0 Å². The third-order valence-corrected chi connectivity index (χ3v) is 4.61. The maximum absolute atomic E-state index is 12.1. The molecule has 1 N–H and O–H groups in total. The average Bonchev–Trinajstić information content (AvgIpc) is 2.65. The van der Waals surface area contributed by atoms with Gasteiger partial charge in [0.2, 0.25) is 4.77 Å². The number of rotatable bonds is 5. The summed E-state index contributed by atoms with van der Waals surface area (Å²) in [6.45, 7) is 1.81. The Hall–Kier alpha value is -2.48. The summed E-state index contributed by atoms with van der Waals surface area (Å²) in [5.74, 6) is 0.610. The van der Waals surface area contributed by atoms with Crippen LogP contribution in [-0.2, 0) is 6.61 Å². The predicted molar refractivity (Wildman–Crippen MR) is 109 cm³/mol. The van der Waals surface area contributed by atoms with Crippen molar-refractivity contribution in [2.75, 3.05) is 0 Å². The van der Waals surface area contributed by atoms with Gasteiger partial charge in [0.15, 0.2) is 0 Å². The van der Waals surface area contributed by atoms with Crippen LogP contribution in [0.15, 0.2) is 52.4 Å². The van der Waals surface area contributed by atoms with E-state index in [0.717, 1.165) is 10.2 Å². The van der Waals surface area contributed by atoms with Crippen LogP contribution in [0.5, 0.6) is 5.75 Å². The lowest BCUT2D eigenvalue weighted by Gasteiger charge is -2.09. The van der Waals surface area contributed by atoms with Crippen molar-refractivity contribution in [1.82, 2.24) is 14.9 Å². The fourth-order valence-electron chi connectivity index (χ4n) is 2.21. The maximum atomic E-state index is 12.1. The van der Waals surface area contributed by atoms with Gasteiger partial charge in [-0.3, -0.25) is 9.89 Å². The van der Waals surface area contributed by atoms with Crippen molar-refractivity contribution < 1.29 is 4.74 Å². The molecule has 0 radical (unpaired) electrons. The summed E-state index contributed by atoms with van der Waals surface area (Å²) in [7, 11) is 0. The molecule has 9 heteroatoms. The molecule has 2 aromatic carbocycles. The van der Waals surface area contributed by atoms with Crippen LogP contribution in [0, 0.1) is 11.7 Å². The lowest BCUT2D eigenvalue weighted by Crippen LogP contribution is -2.22. The Kier molecular flexibility index (Phi) is 6.05. The monoisotopic (exact) mass is 420 g/mol. The Balaban J connectivity index is 1.79. The number of aromatic amines is 1. The molecule has 3 aromatic rings. The van der Waals surface area contributed by atoms with E-state index in [4.69, 9.17) is 40.2 Å². The summed E-state index contributed by atoms with van der Waals surface area (Å²) in [5.41, 5.74) is 1.34. The molecule has 0 saturated heterocycles. The van der Waals surface area contributed by atoms with Gasteiger partial charge >= 0.3 is 0 Å². The van der Waals surface area contributed by atoms with Gasteiger partial charge < -0.3 is 4.74 Å². The molecule has 0 saturated carbocycles. The summed E-state index contributed by atoms with van der Waals surface area (Å²) in [6.07, 6.45) is 1.51. The largest absolute Gasteiger partial charge is 0.489 e. The van der Waals surface area contributed by atoms with E-state index in [0.29, 0.717) is 21.4 Å². The fraction of sp³-hybridized carbons (Fsp3) is 0.111. The number of benzene rings is 2. The topological polar surface area (TPSA) is 72.3 Å². The molecular formula is C18H14Cl2N4O2S. The minimum absolute atomic E-state index is 0.114. The number of hydrogen-bond acceptors (Lipinski definition) is 5. The number of aromatic nitrogens is 3. The molecule has 138 valence electrons. The maximum Gasteiger partial charge on any atom is 0.296 e. The Bertz CT molecular complexity index is 1100. The van der Waals surface area contributed by atoms with Crippen molar-refractivity contribution in [3.05, 3.63) is 84.5 Å². The molecule has 1 aromatic heterocycles. The zero-order valence-electron chi connectivity index (χ0n) is 14.1. The highest BCUT2D eigenvalue weighted by Crippen LogP contribution is 2.26. The van der Waals surface area contributed by atoms with E-state index in [1.807, 2.05) is 12.1 Å². The normalized spacial score (nSPS) is 11.1. The smallest absolute Gasteiger partial charge is 0.296 e. The molecule has 0 atom stereocenters. The number of aryl methyl sites for hydroxylation is 1. The van der Waals surface area contributed by atoms with Crippen LogP contribution in [0.2, 0.25) is 10.0 Å². The lowest BCUT2D eigenvalue weighted by atomic mass is 10.2. The van der Waals surface area contributed by atoms with Crippen molar-refractivity contribution >= 4 is 41.6 Å². The summed E-state index contributed by atoms with van der Waals surface area (Å²) in [6, 6.07) is 12.5. The van der Waals surface area contributed by atoms with E-state index >= 15 is 0 Å². The highest BCUT2D eigenvalue weighted by atomic mass is 35.5. The van der Waals surface area contributed by atoms with Gasteiger partial charge in [-0.1, -0.05) is 41.4 Å². The van der Waals surface area contributed by atoms with Crippen LogP contribution in [0.25, 0.3) is 0 Å². The Morgan fingerprint density at radius 3 is 2.70 bits per heavy atom. The molecular weight excluding hydrogens is 407 g/mol. The fourth-order valence-corrected chi connectivity index (χ4v) is 2.89. The Morgan fingerprint density at radius 1 is 1.26 bits per heavy atom. The summed E-state index contributed by atoms with van der Waals surface area (Å²) in [4.78, 5) is 12.1. The molecule has 0 amide bonds. The van der Waals surface area contributed by atoms with E-state index in [-0.39, 0.29) is 22.6 Å². The zero-order chi connectivity index (χ0) is 19.4. The first kappa shape index (κ1) is 19.3. The average molecular weight is 421 g/mol. The van der Waals surface area contributed by atoms with Gasteiger partial charge in [0.05, 0.1) is 6.21 Å². The number of nitrogens with one attached hydrogen (secondary N) is 1. The molecule has 0 bridgehead atoms. The zero-order valence-corrected chi connectivity index (χ0v) is 16.5. The Labute approximate surface area is 170 Å². The van der Waals surface area contributed by atoms with Crippen LogP contribution >= 0.6 is 35.4 Å². The molecule has 0 fully saturated rings. The second-order valence-corrected chi connectivity index (χ2v) is 6.74. The van der Waals surface area contributed by atoms with Crippen molar-refractivity contribution in [2.45, 2.75) is 13.5 Å². The predicted octanol–water partition coefficient (Wildman–Crippen LogP) is 4.38. The number of hydrogen-bond donors (Lipinski definition) is 1. The molecule has 0 aliphatic carbocycles. The standard InChI is InChI=1S/C18H14Cl2N4O2S/c1-11-17(25)24(18(27)23-22-11)21-9-12-4-2-5-13(8-12)26-10-14-15(19)6-3-7-16(14)20/h2-9H,10H2,1H3,(H,23,27)/b21-9+. The SMILES string of the molecule is Cc1n[nH]c(=S)n(/N=C/c2cccc(OCc3c(Cl)cccc3Cl)c2)c1=O. The van der Waals surface area contributed by atoms with Crippen molar-refractivity contribution in [2.24, 2.45) is 5.10 Å². The minimum atomic E-state index is -0.379. The van der Waals surface area contributed by atoms with Crippen LogP contribution < -0.4 is 10.3 Å². The molecule has 0 spiro atoms. The van der Waals surface area contributed by atoms with Gasteiger partial charge in [0, 0.05) is 15.6 Å². The van der Waals surface area contributed by atoms with Crippen molar-refractivity contribution in [1.29, 1.82) is 0 Å². The first-order valence-corrected chi connectivity index (χ1v) is 9.00. The number of ether oxygens (including phenoxy) is 1. The van der Waals surface area contributed by atoms with Crippen molar-refractivity contribution in [3.63, 3.8) is 0 Å². The summed E-state index contributed by atoms with van der Waals surface area (Å²) in [5, 5.41) is 11.6. The highest BCUT2D eigenvalue weighted by Gasteiger charge is 2.06. The third-order valence-electron chi connectivity index (χ3n) is 3.64. The van der Waals surface area contributed by atoms with Crippen LogP contribution in [0.4, 0.5) is 0 Å². The first-order chi connectivity index (χ1) is 13.0. The van der Waals surface area contributed by atoms with Gasteiger partial charge in [0.25, 0.3) is 5.56 Å². The van der Waals surface area contributed by atoms with Crippen LogP contribution in [0.1, 0.15) is 16.8 Å². The Morgan fingerprint density at radius 2 is 1.96 bits per heavy atom. The molecule has 6 nitrogen and oxygen atoms in total. The molecule has 3 rings (SSSR count). The van der Waals surface area contributed by atoms with Crippen molar-refractivity contribution in [3.8, 4) is 5.75 Å². The summed E-state index contributed by atoms with van der Waals surface area (Å²) < 4.78 is 6.97. The molecule has 0 unspecified atom stereocenters. The summed E-state index contributed by atoms with van der Waals surface area (Å²) >= 11 is 17.3. The molecule has 0 aliphatic heterocycles. The second-order valence-electron chi connectivity index (χ2n) is 5.54. The number of H-pyrrole nitrogens is 1. The van der Waals surface area contributed by atoms with Gasteiger partial charge in [-0.2, -0.15) is 14.9 Å². The van der Waals surface area contributed by atoms with Gasteiger partial charge in [0.1, 0.15) is 18.1 Å². The number of nitrogens with zero attached hydrogens (tertiary/aromatic N) is 3. The van der Waals surface area contributed by atoms with Crippen LogP contribution in [0.3, 0.4) is 0 Å².